The van der Waals surface area contributed by atoms with Gasteiger partial charge in [-0.2, -0.15) is 0 Å². The van der Waals surface area contributed by atoms with Gasteiger partial charge in [0.25, 0.3) is 0 Å². The number of hydrogen-bond acceptors (Lipinski definition) is 3. The van der Waals surface area contributed by atoms with Crippen LogP contribution in [0.4, 0.5) is 5.69 Å². The van der Waals surface area contributed by atoms with Crippen LogP contribution in [0.25, 0.3) is 0 Å². The van der Waals surface area contributed by atoms with Gasteiger partial charge in [-0.1, -0.05) is 22.0 Å². The van der Waals surface area contributed by atoms with Gasteiger partial charge in [0.1, 0.15) is 0 Å². The number of nitrogens with one attached hydrogen (secondary N) is 2. The maximum atomic E-state index is 3.70. The summed E-state index contributed by atoms with van der Waals surface area (Å²) >= 11 is 3.55. The first-order chi connectivity index (χ1) is 10.3. The predicted molar refractivity (Wildman–Crippen MR) is 92.8 cm³/mol. The van der Waals surface area contributed by atoms with Gasteiger partial charge in [-0.25, -0.2) is 0 Å². The molecular formula is C17H26BrN3. The molecule has 2 heterocycles. The summed E-state index contributed by atoms with van der Waals surface area (Å²) in [5.41, 5.74) is 1.23. The highest BCUT2D eigenvalue weighted by atomic mass is 79.9. The molecule has 2 aliphatic rings. The van der Waals surface area contributed by atoms with Crippen LogP contribution in [0.5, 0.6) is 0 Å². The van der Waals surface area contributed by atoms with Gasteiger partial charge in [0.05, 0.1) is 0 Å². The van der Waals surface area contributed by atoms with E-state index in [1.807, 2.05) is 0 Å². The maximum absolute atomic E-state index is 3.70. The fourth-order valence-corrected chi connectivity index (χ4v) is 3.98. The number of rotatable bonds is 4. The molecule has 2 aliphatic heterocycles. The first kappa shape index (κ1) is 15.3. The van der Waals surface area contributed by atoms with Crippen molar-refractivity contribution in [3.05, 3.63) is 28.7 Å². The number of nitrogens with zero attached hydrogens (tertiary/aromatic N) is 1. The molecule has 1 atom stereocenters. The molecule has 2 N–H and O–H groups in total. The van der Waals surface area contributed by atoms with E-state index in [1.54, 1.807) is 0 Å². The van der Waals surface area contributed by atoms with Crippen molar-refractivity contribution < 1.29 is 0 Å². The molecule has 2 fully saturated rings. The molecule has 116 valence electrons. The highest BCUT2D eigenvalue weighted by Gasteiger charge is 2.23. The standard InChI is InChI=1S/C17H26BrN3/c18-15-3-1-4-16(11-15)20-17-5-2-10-21(13-17)12-14-6-8-19-9-7-14/h1,3-4,11,14,17,19-20H,2,5-10,12-13H2. The van der Waals surface area contributed by atoms with Crippen molar-refractivity contribution in [2.75, 3.05) is 38.0 Å². The van der Waals surface area contributed by atoms with Gasteiger partial charge in [0.15, 0.2) is 0 Å². The summed E-state index contributed by atoms with van der Waals surface area (Å²) < 4.78 is 1.15. The van der Waals surface area contributed by atoms with Crippen molar-refractivity contribution >= 4 is 21.6 Å². The van der Waals surface area contributed by atoms with E-state index in [0.717, 1.165) is 10.4 Å². The Morgan fingerprint density at radius 3 is 2.90 bits per heavy atom. The molecular weight excluding hydrogens is 326 g/mol. The second-order valence-electron chi connectivity index (χ2n) is 6.45. The van der Waals surface area contributed by atoms with E-state index in [1.165, 1.54) is 64.1 Å². The van der Waals surface area contributed by atoms with Gasteiger partial charge in [0, 0.05) is 29.3 Å². The minimum atomic E-state index is 0.592. The van der Waals surface area contributed by atoms with Crippen LogP contribution < -0.4 is 10.6 Å². The highest BCUT2D eigenvalue weighted by molar-refractivity contribution is 9.10. The summed E-state index contributed by atoms with van der Waals surface area (Å²) in [6.45, 7) is 6.17. The van der Waals surface area contributed by atoms with E-state index in [4.69, 9.17) is 0 Å². The summed E-state index contributed by atoms with van der Waals surface area (Å²) in [6, 6.07) is 9.11. The summed E-state index contributed by atoms with van der Waals surface area (Å²) in [7, 11) is 0. The number of benzene rings is 1. The normalized spacial score (nSPS) is 24.9. The number of halogens is 1. The molecule has 2 saturated heterocycles. The van der Waals surface area contributed by atoms with Gasteiger partial charge in [-0.15, -0.1) is 0 Å². The van der Waals surface area contributed by atoms with E-state index in [2.05, 4.69) is 55.7 Å². The van der Waals surface area contributed by atoms with Gasteiger partial charge in [0.2, 0.25) is 0 Å². The third-order valence-corrected chi connectivity index (χ3v) is 5.17. The van der Waals surface area contributed by atoms with E-state index in [-0.39, 0.29) is 0 Å². The molecule has 1 unspecified atom stereocenters. The fraction of sp³-hybridized carbons (Fsp3) is 0.647. The van der Waals surface area contributed by atoms with Crippen LogP contribution in [0.15, 0.2) is 28.7 Å². The van der Waals surface area contributed by atoms with Gasteiger partial charge in [-0.3, -0.25) is 0 Å². The lowest BCUT2D eigenvalue weighted by Crippen LogP contribution is -2.45. The number of anilines is 1. The Hall–Kier alpha value is -0.580. The first-order valence-electron chi connectivity index (χ1n) is 8.25. The molecule has 4 heteroatoms. The topological polar surface area (TPSA) is 27.3 Å². The quantitative estimate of drug-likeness (QED) is 0.871. The zero-order valence-electron chi connectivity index (χ0n) is 12.7. The van der Waals surface area contributed by atoms with Crippen LogP contribution in [0.2, 0.25) is 0 Å². The summed E-state index contributed by atoms with van der Waals surface area (Å²) in [4.78, 5) is 2.68. The fourth-order valence-electron chi connectivity index (χ4n) is 3.58. The average molecular weight is 352 g/mol. The molecule has 0 bridgehead atoms. The Morgan fingerprint density at radius 1 is 1.24 bits per heavy atom. The van der Waals surface area contributed by atoms with Crippen molar-refractivity contribution in [2.24, 2.45) is 5.92 Å². The van der Waals surface area contributed by atoms with Crippen LogP contribution in [0.3, 0.4) is 0 Å². The Kier molecular flexibility index (Phi) is 5.55. The molecule has 0 saturated carbocycles. The lowest BCUT2D eigenvalue weighted by molar-refractivity contribution is 0.169. The van der Waals surface area contributed by atoms with E-state index < -0.39 is 0 Å². The molecule has 1 aromatic carbocycles. The van der Waals surface area contributed by atoms with Gasteiger partial charge >= 0.3 is 0 Å². The number of hydrogen-bond donors (Lipinski definition) is 2. The van der Waals surface area contributed by atoms with Crippen LogP contribution in [-0.2, 0) is 0 Å². The van der Waals surface area contributed by atoms with Crippen molar-refractivity contribution in [3.63, 3.8) is 0 Å². The monoisotopic (exact) mass is 351 g/mol. The minimum absolute atomic E-state index is 0.592. The van der Waals surface area contributed by atoms with Crippen LogP contribution in [-0.4, -0.2) is 43.7 Å². The Morgan fingerprint density at radius 2 is 2.10 bits per heavy atom. The molecule has 1 aromatic rings. The molecule has 3 rings (SSSR count). The summed E-state index contributed by atoms with van der Waals surface area (Å²) in [5.74, 6) is 0.899. The number of piperidine rings is 2. The largest absolute Gasteiger partial charge is 0.381 e. The van der Waals surface area contributed by atoms with Gasteiger partial charge < -0.3 is 15.5 Å². The average Bonchev–Trinajstić information content (AvgIpc) is 2.49. The molecule has 0 aliphatic carbocycles. The minimum Gasteiger partial charge on any atom is -0.381 e. The molecule has 3 nitrogen and oxygen atoms in total. The SMILES string of the molecule is Brc1cccc(NC2CCCN(CC3CCNCC3)C2)c1. The second-order valence-corrected chi connectivity index (χ2v) is 7.36. The lowest BCUT2D eigenvalue weighted by atomic mass is 9.96. The Labute approximate surface area is 136 Å². The van der Waals surface area contributed by atoms with E-state index in [0.29, 0.717) is 6.04 Å². The van der Waals surface area contributed by atoms with E-state index >= 15 is 0 Å². The molecule has 0 amide bonds. The van der Waals surface area contributed by atoms with Crippen molar-refractivity contribution in [1.29, 1.82) is 0 Å². The zero-order chi connectivity index (χ0) is 14.5. The first-order valence-corrected chi connectivity index (χ1v) is 9.04. The number of likely N-dealkylation sites (tertiary alicyclic amines) is 1. The summed E-state index contributed by atoms with van der Waals surface area (Å²) in [5, 5.41) is 7.17. The third kappa shape index (κ3) is 4.70. The molecule has 0 spiro atoms. The van der Waals surface area contributed by atoms with Crippen molar-refractivity contribution in [1.82, 2.24) is 10.2 Å². The highest BCUT2D eigenvalue weighted by Crippen LogP contribution is 2.21. The van der Waals surface area contributed by atoms with Crippen molar-refractivity contribution in [2.45, 2.75) is 31.7 Å². The predicted octanol–water partition coefficient (Wildman–Crippen LogP) is 3.33. The summed E-state index contributed by atoms with van der Waals surface area (Å²) in [6.07, 6.45) is 5.30. The lowest BCUT2D eigenvalue weighted by Gasteiger charge is -2.36. The van der Waals surface area contributed by atoms with Crippen molar-refractivity contribution in [3.8, 4) is 0 Å². The third-order valence-electron chi connectivity index (χ3n) is 4.68. The Bertz CT molecular complexity index is 445. The Balaban J connectivity index is 1.50. The van der Waals surface area contributed by atoms with Crippen LogP contribution >= 0.6 is 15.9 Å². The zero-order valence-corrected chi connectivity index (χ0v) is 14.2. The molecule has 21 heavy (non-hydrogen) atoms. The van der Waals surface area contributed by atoms with Gasteiger partial charge in [-0.05, 0) is 69.4 Å². The molecule has 0 aromatic heterocycles. The molecule has 0 radical (unpaired) electrons. The smallest absolute Gasteiger partial charge is 0.0388 e. The van der Waals surface area contributed by atoms with Crippen LogP contribution in [0.1, 0.15) is 25.7 Å². The van der Waals surface area contributed by atoms with E-state index in [9.17, 15) is 0 Å². The second kappa shape index (κ2) is 7.61. The maximum Gasteiger partial charge on any atom is 0.0388 e. The van der Waals surface area contributed by atoms with Crippen LogP contribution in [0, 0.1) is 5.92 Å².